The van der Waals surface area contributed by atoms with Gasteiger partial charge < -0.3 is 15.0 Å². The number of methoxy groups -OCH3 is 1. The normalized spacial score (nSPS) is 14.4. The first-order valence-electron chi connectivity index (χ1n) is 15.1. The standard InChI is InChI=1S/C28H21F2N5O3.C6H13NO2S/c1-38-24-12-7-18(15-19(24)16-31)26(36)33-23-17-32-35-14-13-34(27(37)25(23)35)22-10-8-21(9-11-22)28(29,30)20-5-3-2-4-6-20;1-7(2)10(8,9)5-6-3-4-6/h2-12,15,17H,13-14H2,1H3,(H,33,36);6H,3-5H2,1-2H3. The number of ether oxygens (including phenoxy) is 1. The summed E-state index contributed by atoms with van der Waals surface area (Å²) < 4.78 is 60.0. The van der Waals surface area contributed by atoms with Gasteiger partial charge in [-0.05, 0) is 49.1 Å². The summed E-state index contributed by atoms with van der Waals surface area (Å²) in [6.07, 6.45) is 3.56. The zero-order valence-electron chi connectivity index (χ0n) is 26.6. The minimum atomic E-state index is -3.19. The number of amides is 2. The van der Waals surface area contributed by atoms with Gasteiger partial charge in [0, 0.05) is 43.0 Å². The van der Waals surface area contributed by atoms with E-state index in [9.17, 15) is 32.0 Å². The average molecular weight is 677 g/mol. The van der Waals surface area contributed by atoms with Crippen LogP contribution in [0, 0.1) is 17.2 Å². The Bertz CT molecular complexity index is 1950. The molecule has 0 bridgehead atoms. The van der Waals surface area contributed by atoms with Gasteiger partial charge >= 0.3 is 0 Å². The van der Waals surface area contributed by atoms with E-state index in [2.05, 4.69) is 10.4 Å². The Labute approximate surface area is 277 Å². The SMILES string of the molecule is CN(C)S(=O)(=O)CC1CC1.COc1ccc(C(=O)Nc2cnn3c2C(=O)N(c2ccc(C(F)(F)c4ccccc4)cc2)CC3)cc1C#N. The quantitative estimate of drug-likeness (QED) is 0.260. The van der Waals surface area contributed by atoms with Crippen molar-refractivity contribution in [1.82, 2.24) is 14.1 Å². The lowest BCUT2D eigenvalue weighted by Crippen LogP contribution is -2.41. The first-order chi connectivity index (χ1) is 22.8. The first kappa shape index (κ1) is 34.2. The summed E-state index contributed by atoms with van der Waals surface area (Å²) in [5, 5.41) is 16.2. The number of halogens is 2. The number of alkyl halides is 2. The van der Waals surface area contributed by atoms with Gasteiger partial charge in [0.15, 0.2) is 0 Å². The number of nitrogens with one attached hydrogen (secondary N) is 1. The maximum absolute atomic E-state index is 14.9. The molecule has 0 spiro atoms. The fourth-order valence-electron chi connectivity index (χ4n) is 5.07. The van der Waals surface area contributed by atoms with E-state index >= 15 is 0 Å². The summed E-state index contributed by atoms with van der Waals surface area (Å²) in [5.74, 6) is -3.01. The number of anilines is 2. The van der Waals surface area contributed by atoms with Crippen molar-refractivity contribution in [3.63, 3.8) is 0 Å². The number of sulfonamides is 1. The number of aromatic nitrogens is 2. The van der Waals surface area contributed by atoms with Crippen LogP contribution in [0.3, 0.4) is 0 Å². The molecule has 0 unspecified atom stereocenters. The molecule has 1 aromatic heterocycles. The molecule has 0 saturated heterocycles. The molecule has 250 valence electrons. The van der Waals surface area contributed by atoms with Crippen molar-refractivity contribution in [2.24, 2.45) is 5.92 Å². The number of nitrogens with zero attached hydrogens (tertiary/aromatic N) is 5. The number of fused-ring (bicyclic) bond motifs is 1. The van der Waals surface area contributed by atoms with E-state index in [4.69, 9.17) is 4.74 Å². The summed E-state index contributed by atoms with van der Waals surface area (Å²) in [5.41, 5.74) is 0.902. The van der Waals surface area contributed by atoms with Crippen LogP contribution in [0.4, 0.5) is 20.2 Å². The lowest BCUT2D eigenvalue weighted by molar-refractivity contribution is 0.0428. The van der Waals surface area contributed by atoms with Crippen molar-refractivity contribution in [1.29, 1.82) is 5.26 Å². The predicted octanol–water partition coefficient (Wildman–Crippen LogP) is 5.10. The number of hydrogen-bond donors (Lipinski definition) is 1. The molecule has 2 heterocycles. The molecule has 1 fully saturated rings. The zero-order chi connectivity index (χ0) is 34.6. The molecule has 0 radical (unpaired) electrons. The van der Waals surface area contributed by atoms with Crippen LogP contribution in [-0.2, 0) is 22.5 Å². The Hall–Kier alpha value is -5.13. The van der Waals surface area contributed by atoms with Gasteiger partial charge in [-0.1, -0.05) is 42.5 Å². The second-order valence-corrected chi connectivity index (χ2v) is 13.8. The molecule has 0 atom stereocenters. The monoisotopic (exact) mass is 676 g/mol. The lowest BCUT2D eigenvalue weighted by Gasteiger charge is -2.28. The smallest absolute Gasteiger partial charge is 0.298 e. The Morgan fingerprint density at radius 2 is 1.73 bits per heavy atom. The third-order valence-electron chi connectivity index (χ3n) is 8.03. The van der Waals surface area contributed by atoms with Gasteiger partial charge in [0.05, 0.1) is 36.9 Å². The predicted molar refractivity (Wildman–Crippen MR) is 176 cm³/mol. The van der Waals surface area contributed by atoms with Crippen molar-refractivity contribution in [2.45, 2.75) is 25.3 Å². The van der Waals surface area contributed by atoms with Crippen LogP contribution in [0.5, 0.6) is 5.75 Å². The summed E-state index contributed by atoms with van der Waals surface area (Å²) in [7, 11) is 1.69. The van der Waals surface area contributed by atoms with E-state index < -0.39 is 27.8 Å². The van der Waals surface area contributed by atoms with Gasteiger partial charge in [-0.3, -0.25) is 14.3 Å². The topological polar surface area (TPSA) is 138 Å². The highest BCUT2D eigenvalue weighted by Crippen LogP contribution is 2.37. The Balaban J connectivity index is 0.000000387. The highest BCUT2D eigenvalue weighted by Gasteiger charge is 2.35. The molecule has 6 rings (SSSR count). The second-order valence-electron chi connectivity index (χ2n) is 11.6. The maximum atomic E-state index is 14.9. The van der Waals surface area contributed by atoms with Crippen LogP contribution in [0.25, 0.3) is 0 Å². The van der Waals surface area contributed by atoms with E-state index in [0.29, 0.717) is 29.7 Å². The molecular formula is C34H34F2N6O5S. The van der Waals surface area contributed by atoms with Crippen LogP contribution in [0.15, 0.2) is 79.0 Å². The number of carbonyl (C=O) groups is 2. The summed E-state index contributed by atoms with van der Waals surface area (Å²) >= 11 is 0. The van der Waals surface area contributed by atoms with Gasteiger partial charge in [-0.15, -0.1) is 0 Å². The Morgan fingerprint density at radius 3 is 2.33 bits per heavy atom. The third-order valence-corrected chi connectivity index (χ3v) is 10.0. The second kappa shape index (κ2) is 13.9. The first-order valence-corrected chi connectivity index (χ1v) is 16.7. The number of carbonyl (C=O) groups excluding carboxylic acids is 2. The summed E-state index contributed by atoms with van der Waals surface area (Å²) in [4.78, 5) is 27.7. The van der Waals surface area contributed by atoms with E-state index in [0.717, 1.165) is 12.8 Å². The number of hydrogen-bond acceptors (Lipinski definition) is 7. The lowest BCUT2D eigenvalue weighted by atomic mass is 10.00. The van der Waals surface area contributed by atoms with E-state index in [1.165, 1.54) is 81.8 Å². The van der Waals surface area contributed by atoms with Crippen LogP contribution in [-0.4, -0.2) is 67.8 Å². The van der Waals surface area contributed by atoms with Crippen LogP contribution in [0.1, 0.15) is 50.4 Å². The van der Waals surface area contributed by atoms with Crippen molar-refractivity contribution in [3.8, 4) is 11.8 Å². The van der Waals surface area contributed by atoms with Gasteiger partial charge in [0.2, 0.25) is 10.0 Å². The van der Waals surface area contributed by atoms with Crippen molar-refractivity contribution in [2.75, 3.05) is 43.7 Å². The van der Waals surface area contributed by atoms with E-state index in [1.54, 1.807) is 32.3 Å². The van der Waals surface area contributed by atoms with Crippen LogP contribution in [0.2, 0.25) is 0 Å². The van der Waals surface area contributed by atoms with Crippen LogP contribution >= 0.6 is 0 Å². The molecule has 1 aliphatic heterocycles. The van der Waals surface area contributed by atoms with Gasteiger partial charge in [0.25, 0.3) is 17.7 Å². The minimum absolute atomic E-state index is 0.121. The highest BCUT2D eigenvalue weighted by atomic mass is 32.2. The average Bonchev–Trinajstić information content (AvgIpc) is 3.80. The Kier molecular flexibility index (Phi) is 9.92. The summed E-state index contributed by atoms with van der Waals surface area (Å²) in [6, 6.07) is 19.5. The molecule has 14 heteroatoms. The molecule has 1 saturated carbocycles. The fraction of sp³-hybridized carbons (Fsp3) is 0.294. The Morgan fingerprint density at radius 1 is 1.06 bits per heavy atom. The highest BCUT2D eigenvalue weighted by molar-refractivity contribution is 7.89. The molecule has 48 heavy (non-hydrogen) atoms. The van der Waals surface area contributed by atoms with Gasteiger partial charge in [0.1, 0.15) is 17.5 Å². The molecule has 2 aliphatic rings. The number of rotatable bonds is 9. The molecule has 4 aromatic rings. The zero-order valence-corrected chi connectivity index (χ0v) is 27.4. The maximum Gasteiger partial charge on any atom is 0.298 e. The fourth-order valence-corrected chi connectivity index (χ4v) is 6.30. The van der Waals surface area contributed by atoms with Crippen molar-refractivity contribution in [3.05, 3.63) is 107 Å². The molecule has 11 nitrogen and oxygen atoms in total. The largest absolute Gasteiger partial charge is 0.495 e. The molecule has 1 N–H and O–H groups in total. The van der Waals surface area contributed by atoms with Crippen molar-refractivity contribution >= 4 is 33.2 Å². The van der Waals surface area contributed by atoms with E-state index in [1.807, 2.05) is 6.07 Å². The molecule has 1 aliphatic carbocycles. The molecule has 2 amide bonds. The third kappa shape index (κ3) is 7.37. The van der Waals surface area contributed by atoms with Crippen molar-refractivity contribution < 1.29 is 31.5 Å². The number of nitriles is 1. The molecule has 3 aromatic carbocycles. The minimum Gasteiger partial charge on any atom is -0.495 e. The van der Waals surface area contributed by atoms with Gasteiger partial charge in [-0.2, -0.15) is 19.1 Å². The van der Waals surface area contributed by atoms with Crippen LogP contribution < -0.4 is 15.0 Å². The number of benzene rings is 3. The van der Waals surface area contributed by atoms with Gasteiger partial charge in [-0.25, -0.2) is 12.7 Å². The van der Waals surface area contributed by atoms with E-state index in [-0.39, 0.29) is 40.2 Å². The molecular weight excluding hydrogens is 642 g/mol. The summed E-state index contributed by atoms with van der Waals surface area (Å²) in [6.45, 7) is 0.624.